The van der Waals surface area contributed by atoms with Gasteiger partial charge in [0, 0.05) is 19.8 Å². The summed E-state index contributed by atoms with van der Waals surface area (Å²) in [6, 6.07) is 17.1. The molecule has 0 heterocycles. The molecule has 0 aliphatic carbocycles. The van der Waals surface area contributed by atoms with E-state index in [1.54, 1.807) is 11.0 Å². The van der Waals surface area contributed by atoms with Gasteiger partial charge in [0.1, 0.15) is 0 Å². The highest BCUT2D eigenvalue weighted by molar-refractivity contribution is 5.95. The average molecular weight is 327 g/mol. The second-order valence-electron chi connectivity index (χ2n) is 5.41. The number of nitrogens with two attached hydrogens (primary N) is 1. The number of benzene rings is 2. The Hall–Kier alpha value is -2.53. The van der Waals surface area contributed by atoms with Crippen LogP contribution in [0, 0.1) is 0 Å². The molecule has 3 N–H and O–H groups in total. The van der Waals surface area contributed by atoms with Crippen molar-refractivity contribution in [2.75, 3.05) is 30.4 Å². The largest absolute Gasteiger partial charge is 0.397 e. The van der Waals surface area contributed by atoms with Crippen LogP contribution in [0.1, 0.15) is 18.9 Å². The van der Waals surface area contributed by atoms with Gasteiger partial charge in [0.25, 0.3) is 0 Å². The van der Waals surface area contributed by atoms with Crippen LogP contribution in [0.25, 0.3) is 0 Å². The summed E-state index contributed by atoms with van der Waals surface area (Å²) in [5, 5.41) is 2.94. The van der Waals surface area contributed by atoms with E-state index in [2.05, 4.69) is 5.32 Å². The van der Waals surface area contributed by atoms with Gasteiger partial charge in [-0.25, -0.2) is 4.79 Å². The number of rotatable bonds is 8. The van der Waals surface area contributed by atoms with Crippen LogP contribution in [-0.2, 0) is 11.3 Å². The fourth-order valence-corrected chi connectivity index (χ4v) is 2.38. The van der Waals surface area contributed by atoms with Gasteiger partial charge in [-0.3, -0.25) is 4.90 Å². The molecule has 0 spiro atoms. The highest BCUT2D eigenvalue weighted by atomic mass is 16.5. The molecular formula is C19H25N3O2. The molecule has 2 amide bonds. The van der Waals surface area contributed by atoms with E-state index in [1.165, 1.54) is 0 Å². The van der Waals surface area contributed by atoms with E-state index < -0.39 is 0 Å². The lowest BCUT2D eigenvalue weighted by Crippen LogP contribution is -2.40. The Balaban J connectivity index is 2.08. The Morgan fingerprint density at radius 2 is 1.83 bits per heavy atom. The standard InChI is InChI=1S/C19H25N3O2/c1-2-24-14-8-13-21-19(23)22(15-16-9-4-3-5-10-16)18-12-7-6-11-17(18)20/h3-7,9-12H,2,8,13-15,20H2,1H3,(H,21,23). The Kier molecular flexibility index (Phi) is 7.11. The van der Waals surface area contributed by atoms with Crippen LogP contribution in [0.4, 0.5) is 16.2 Å². The number of nitrogens with one attached hydrogen (secondary N) is 1. The van der Waals surface area contributed by atoms with Gasteiger partial charge in [-0.1, -0.05) is 42.5 Å². The SMILES string of the molecule is CCOCCCNC(=O)N(Cc1ccccc1)c1ccccc1N. The zero-order chi connectivity index (χ0) is 17.2. The fraction of sp³-hybridized carbons (Fsp3) is 0.316. The molecule has 5 heteroatoms. The summed E-state index contributed by atoms with van der Waals surface area (Å²) in [6.07, 6.45) is 0.781. The molecule has 0 aliphatic rings. The average Bonchev–Trinajstić information content (AvgIpc) is 2.61. The van der Waals surface area contributed by atoms with Crippen molar-refractivity contribution in [1.82, 2.24) is 5.32 Å². The Morgan fingerprint density at radius 1 is 1.12 bits per heavy atom. The first-order valence-corrected chi connectivity index (χ1v) is 8.24. The fourth-order valence-electron chi connectivity index (χ4n) is 2.38. The maximum absolute atomic E-state index is 12.7. The Bertz CT molecular complexity index is 632. The molecule has 2 aromatic rings. The van der Waals surface area contributed by atoms with Crippen molar-refractivity contribution < 1.29 is 9.53 Å². The van der Waals surface area contributed by atoms with Crippen molar-refractivity contribution in [3.8, 4) is 0 Å². The first-order valence-electron chi connectivity index (χ1n) is 8.24. The van der Waals surface area contributed by atoms with Gasteiger partial charge in [-0.05, 0) is 31.0 Å². The van der Waals surface area contributed by atoms with Crippen LogP contribution in [0.5, 0.6) is 0 Å². The van der Waals surface area contributed by atoms with Crippen LogP contribution < -0.4 is 16.0 Å². The molecule has 0 fully saturated rings. The topological polar surface area (TPSA) is 67.6 Å². The monoisotopic (exact) mass is 327 g/mol. The molecule has 0 aromatic heterocycles. The predicted molar refractivity (Wildman–Crippen MR) is 98.0 cm³/mol. The zero-order valence-corrected chi connectivity index (χ0v) is 14.1. The molecule has 128 valence electrons. The van der Waals surface area contributed by atoms with Crippen LogP contribution >= 0.6 is 0 Å². The number of para-hydroxylation sites is 2. The van der Waals surface area contributed by atoms with E-state index in [-0.39, 0.29) is 6.03 Å². The molecule has 0 unspecified atom stereocenters. The number of carbonyl (C=O) groups excluding carboxylic acids is 1. The molecule has 0 aliphatic heterocycles. The van der Waals surface area contributed by atoms with Crippen molar-refractivity contribution >= 4 is 17.4 Å². The number of amides is 2. The molecular weight excluding hydrogens is 302 g/mol. The second kappa shape index (κ2) is 9.57. The van der Waals surface area contributed by atoms with Crippen molar-refractivity contribution in [2.45, 2.75) is 19.9 Å². The quantitative estimate of drug-likeness (QED) is 0.577. The molecule has 5 nitrogen and oxygen atoms in total. The van der Waals surface area contributed by atoms with Gasteiger partial charge >= 0.3 is 6.03 Å². The summed E-state index contributed by atoms with van der Waals surface area (Å²) < 4.78 is 5.29. The van der Waals surface area contributed by atoms with Crippen molar-refractivity contribution in [3.05, 3.63) is 60.2 Å². The first kappa shape index (κ1) is 17.8. The third kappa shape index (κ3) is 5.28. The van der Waals surface area contributed by atoms with E-state index in [4.69, 9.17) is 10.5 Å². The van der Waals surface area contributed by atoms with E-state index in [1.807, 2.05) is 55.5 Å². The lowest BCUT2D eigenvalue weighted by Gasteiger charge is -2.24. The minimum absolute atomic E-state index is 0.159. The number of anilines is 2. The van der Waals surface area contributed by atoms with Gasteiger partial charge in [-0.2, -0.15) is 0 Å². The van der Waals surface area contributed by atoms with Crippen LogP contribution in [0.15, 0.2) is 54.6 Å². The normalized spacial score (nSPS) is 10.4. The minimum atomic E-state index is -0.159. The molecule has 2 aromatic carbocycles. The Morgan fingerprint density at radius 3 is 2.54 bits per heavy atom. The third-order valence-electron chi connectivity index (χ3n) is 3.60. The summed E-state index contributed by atoms with van der Waals surface area (Å²) in [5.74, 6) is 0. The number of carbonyl (C=O) groups is 1. The first-order chi connectivity index (χ1) is 11.7. The van der Waals surface area contributed by atoms with E-state index in [0.717, 1.165) is 12.0 Å². The highest BCUT2D eigenvalue weighted by Gasteiger charge is 2.17. The number of nitrogen functional groups attached to an aromatic ring is 1. The molecule has 2 rings (SSSR count). The minimum Gasteiger partial charge on any atom is -0.397 e. The van der Waals surface area contributed by atoms with E-state index in [0.29, 0.717) is 37.7 Å². The highest BCUT2D eigenvalue weighted by Crippen LogP contribution is 2.24. The second-order valence-corrected chi connectivity index (χ2v) is 5.41. The number of nitrogens with zero attached hydrogens (tertiary/aromatic N) is 1. The van der Waals surface area contributed by atoms with Gasteiger partial charge in [-0.15, -0.1) is 0 Å². The van der Waals surface area contributed by atoms with Crippen molar-refractivity contribution in [2.24, 2.45) is 0 Å². The molecule has 0 atom stereocenters. The Labute approximate surface area is 143 Å². The lowest BCUT2D eigenvalue weighted by molar-refractivity contribution is 0.145. The predicted octanol–water partition coefficient (Wildman–Crippen LogP) is 3.41. The maximum atomic E-state index is 12.7. The number of ether oxygens (including phenoxy) is 1. The number of urea groups is 1. The lowest BCUT2D eigenvalue weighted by atomic mass is 10.2. The van der Waals surface area contributed by atoms with Crippen LogP contribution in [-0.4, -0.2) is 25.8 Å². The third-order valence-corrected chi connectivity index (χ3v) is 3.60. The van der Waals surface area contributed by atoms with Gasteiger partial charge < -0.3 is 15.8 Å². The van der Waals surface area contributed by atoms with Crippen LogP contribution in [0.3, 0.4) is 0 Å². The summed E-state index contributed by atoms with van der Waals surface area (Å²) in [4.78, 5) is 14.3. The molecule has 0 saturated heterocycles. The van der Waals surface area contributed by atoms with Gasteiger partial charge in [0.2, 0.25) is 0 Å². The van der Waals surface area contributed by atoms with Crippen LogP contribution in [0.2, 0.25) is 0 Å². The smallest absolute Gasteiger partial charge is 0.322 e. The summed E-state index contributed by atoms with van der Waals surface area (Å²) in [6.45, 7) is 4.32. The number of hydrogen-bond acceptors (Lipinski definition) is 3. The molecule has 0 saturated carbocycles. The van der Waals surface area contributed by atoms with Gasteiger partial charge in [0.05, 0.1) is 17.9 Å². The maximum Gasteiger partial charge on any atom is 0.322 e. The van der Waals surface area contributed by atoms with Crippen molar-refractivity contribution in [1.29, 1.82) is 0 Å². The molecule has 0 radical (unpaired) electrons. The number of hydrogen-bond donors (Lipinski definition) is 2. The summed E-state index contributed by atoms with van der Waals surface area (Å²) in [5.41, 5.74) is 8.41. The molecule has 24 heavy (non-hydrogen) atoms. The molecule has 0 bridgehead atoms. The van der Waals surface area contributed by atoms with E-state index >= 15 is 0 Å². The zero-order valence-electron chi connectivity index (χ0n) is 14.1. The summed E-state index contributed by atoms with van der Waals surface area (Å²) in [7, 11) is 0. The van der Waals surface area contributed by atoms with Crippen molar-refractivity contribution in [3.63, 3.8) is 0 Å². The summed E-state index contributed by atoms with van der Waals surface area (Å²) >= 11 is 0. The van der Waals surface area contributed by atoms with E-state index in [9.17, 15) is 4.79 Å². The van der Waals surface area contributed by atoms with Gasteiger partial charge in [0.15, 0.2) is 0 Å².